The fraction of sp³-hybridized carbons (Fsp3) is 0.645. The topological polar surface area (TPSA) is 201 Å². The Kier molecular flexibility index (Phi) is 15.0. The van der Waals surface area contributed by atoms with E-state index in [1.165, 1.54) is 4.90 Å². The minimum absolute atomic E-state index is 0.0730. The van der Waals surface area contributed by atoms with Gasteiger partial charge in [0.25, 0.3) is 0 Å². The molecule has 14 heteroatoms. The van der Waals surface area contributed by atoms with Crippen LogP contribution in [-0.4, -0.2) is 98.5 Å². The molecule has 0 aromatic heterocycles. The number of nitrogens with zero attached hydrogens (tertiary/aromatic N) is 2. The van der Waals surface area contributed by atoms with Crippen molar-refractivity contribution in [2.75, 3.05) is 52.6 Å². The summed E-state index contributed by atoms with van der Waals surface area (Å²) in [6.45, 7) is 5.79. The fourth-order valence-electron chi connectivity index (χ4n) is 4.84. The number of likely N-dealkylation sites (N-methyl/N-ethyl adjacent to an activating group) is 2. The van der Waals surface area contributed by atoms with Gasteiger partial charge in [-0.15, -0.1) is 0 Å². The summed E-state index contributed by atoms with van der Waals surface area (Å²) in [5.74, 6) is -1.56. The minimum Gasteiger partial charge on any atom is -0.445 e. The third-order valence-electron chi connectivity index (χ3n) is 7.79. The number of carbonyl (C=O) groups is 5. The molecular formula is C31H52N8O6. The van der Waals surface area contributed by atoms with Crippen molar-refractivity contribution in [3.05, 3.63) is 29.8 Å². The van der Waals surface area contributed by atoms with E-state index in [1.807, 2.05) is 32.8 Å². The van der Waals surface area contributed by atoms with Crippen LogP contribution in [0.2, 0.25) is 0 Å². The Labute approximate surface area is 266 Å². The van der Waals surface area contributed by atoms with Crippen molar-refractivity contribution < 1.29 is 28.7 Å². The standard InChI is InChI=1S/C31H52N8O6/c1-21(2)26(36-25(40)9-7-6-8-15-32)27(41)37-31(19-23(31)14-16-34-29(33)43)28(42)35-24-12-10-22(11-13-24)20-45-30(44)39(5)18-17-38(3)4/h10-13,21,23,26H,6-9,14-20,32H2,1-5H3,(H,35,42)(H,36,40)(H,37,41)(H3,33,34,43)/t23?,26-,31?/m0/s1. The zero-order chi connectivity index (χ0) is 33.6. The normalized spacial score (nSPS) is 17.7. The SMILES string of the molecule is CC(C)[C@H](NC(=O)CCCCCN)C(=O)NC1(C(=O)Nc2ccc(COC(=O)N(C)CCN(C)C)cc2)CC1CCNC(N)=O. The maximum atomic E-state index is 13.6. The van der Waals surface area contributed by atoms with Crippen LogP contribution in [0.25, 0.3) is 0 Å². The predicted octanol–water partition coefficient (Wildman–Crippen LogP) is 1.35. The lowest BCUT2D eigenvalue weighted by atomic mass is 10.0. The molecular weight excluding hydrogens is 580 g/mol. The fourth-order valence-corrected chi connectivity index (χ4v) is 4.84. The van der Waals surface area contributed by atoms with E-state index in [4.69, 9.17) is 16.2 Å². The Bertz CT molecular complexity index is 1150. The number of anilines is 1. The van der Waals surface area contributed by atoms with E-state index >= 15 is 0 Å². The van der Waals surface area contributed by atoms with Crippen LogP contribution >= 0.6 is 0 Å². The van der Waals surface area contributed by atoms with Crippen LogP contribution in [0, 0.1) is 11.8 Å². The van der Waals surface area contributed by atoms with Gasteiger partial charge in [0.15, 0.2) is 0 Å². The maximum Gasteiger partial charge on any atom is 0.409 e. The first-order valence-electron chi connectivity index (χ1n) is 15.6. The summed E-state index contributed by atoms with van der Waals surface area (Å²) in [6.07, 6.45) is 2.96. The van der Waals surface area contributed by atoms with Crippen molar-refractivity contribution in [2.24, 2.45) is 23.3 Å². The smallest absolute Gasteiger partial charge is 0.409 e. The molecule has 1 aromatic rings. The quantitative estimate of drug-likeness (QED) is 0.123. The van der Waals surface area contributed by atoms with Gasteiger partial charge >= 0.3 is 12.1 Å². The van der Waals surface area contributed by atoms with Gasteiger partial charge in [-0.1, -0.05) is 32.4 Å². The highest BCUT2D eigenvalue weighted by molar-refractivity contribution is 6.04. The Morgan fingerprint density at radius 2 is 1.71 bits per heavy atom. The van der Waals surface area contributed by atoms with Crippen molar-refractivity contribution in [1.29, 1.82) is 0 Å². The lowest BCUT2D eigenvalue weighted by molar-refractivity contribution is -0.132. The van der Waals surface area contributed by atoms with Gasteiger partial charge in [0.05, 0.1) is 0 Å². The molecule has 1 saturated carbocycles. The van der Waals surface area contributed by atoms with Gasteiger partial charge in [0.2, 0.25) is 17.7 Å². The van der Waals surface area contributed by atoms with Gasteiger partial charge in [-0.2, -0.15) is 0 Å². The van der Waals surface area contributed by atoms with E-state index < -0.39 is 35.5 Å². The van der Waals surface area contributed by atoms with Crippen molar-refractivity contribution in [2.45, 2.75) is 70.6 Å². The number of primary amides is 1. The van der Waals surface area contributed by atoms with Crippen LogP contribution in [-0.2, 0) is 25.7 Å². The predicted molar refractivity (Wildman–Crippen MR) is 172 cm³/mol. The molecule has 1 aromatic carbocycles. The first kappa shape index (κ1) is 37.3. The number of urea groups is 1. The molecule has 8 N–H and O–H groups in total. The largest absolute Gasteiger partial charge is 0.445 e. The number of hydrogen-bond donors (Lipinski definition) is 6. The number of ether oxygens (including phenoxy) is 1. The number of rotatable bonds is 19. The number of hydrogen-bond acceptors (Lipinski definition) is 8. The van der Waals surface area contributed by atoms with E-state index in [0.717, 1.165) is 18.4 Å². The third-order valence-corrected chi connectivity index (χ3v) is 7.79. The van der Waals surface area contributed by atoms with E-state index in [2.05, 4.69) is 21.3 Å². The molecule has 1 fully saturated rings. The molecule has 2 rings (SSSR count). The lowest BCUT2D eigenvalue weighted by Gasteiger charge is -2.26. The molecule has 252 valence electrons. The summed E-state index contributed by atoms with van der Waals surface area (Å²) in [5.41, 5.74) is 10.7. The molecule has 14 nitrogen and oxygen atoms in total. The maximum absolute atomic E-state index is 13.6. The molecule has 6 amide bonds. The van der Waals surface area contributed by atoms with E-state index in [-0.39, 0.29) is 37.3 Å². The summed E-state index contributed by atoms with van der Waals surface area (Å²) in [6, 6.07) is 5.38. The average Bonchev–Trinajstić information content (AvgIpc) is 3.68. The Morgan fingerprint density at radius 3 is 2.31 bits per heavy atom. The molecule has 0 bridgehead atoms. The van der Waals surface area contributed by atoms with Gasteiger partial charge in [-0.3, -0.25) is 14.4 Å². The Hall–Kier alpha value is -3.91. The van der Waals surface area contributed by atoms with Gasteiger partial charge < -0.3 is 47.3 Å². The first-order valence-corrected chi connectivity index (χ1v) is 15.6. The summed E-state index contributed by atoms with van der Waals surface area (Å²) in [5, 5.41) is 11.1. The molecule has 2 unspecified atom stereocenters. The summed E-state index contributed by atoms with van der Waals surface area (Å²) in [4.78, 5) is 66.6. The molecule has 0 radical (unpaired) electrons. The molecule has 0 spiro atoms. The van der Waals surface area contributed by atoms with E-state index in [0.29, 0.717) is 44.6 Å². The lowest BCUT2D eigenvalue weighted by Crippen LogP contribution is -2.56. The number of carbonyl (C=O) groups excluding carboxylic acids is 5. The second-order valence-corrected chi connectivity index (χ2v) is 12.3. The molecule has 1 aliphatic rings. The summed E-state index contributed by atoms with van der Waals surface area (Å²) >= 11 is 0. The zero-order valence-corrected chi connectivity index (χ0v) is 27.3. The molecule has 45 heavy (non-hydrogen) atoms. The Morgan fingerprint density at radius 1 is 1.02 bits per heavy atom. The monoisotopic (exact) mass is 632 g/mol. The van der Waals surface area contributed by atoms with Crippen molar-refractivity contribution in [3.63, 3.8) is 0 Å². The van der Waals surface area contributed by atoms with Crippen LogP contribution in [0.4, 0.5) is 15.3 Å². The van der Waals surface area contributed by atoms with Crippen LogP contribution in [0.15, 0.2) is 24.3 Å². The number of amides is 6. The first-order chi connectivity index (χ1) is 21.3. The van der Waals surface area contributed by atoms with Crippen molar-refractivity contribution in [1.82, 2.24) is 25.8 Å². The van der Waals surface area contributed by atoms with Gasteiger partial charge in [-0.25, -0.2) is 9.59 Å². The zero-order valence-electron chi connectivity index (χ0n) is 27.3. The van der Waals surface area contributed by atoms with E-state index in [1.54, 1.807) is 31.3 Å². The highest BCUT2D eigenvalue weighted by atomic mass is 16.6. The number of unbranched alkanes of at least 4 members (excludes halogenated alkanes) is 2. The number of nitrogens with one attached hydrogen (secondary N) is 4. The second-order valence-electron chi connectivity index (χ2n) is 12.3. The van der Waals surface area contributed by atoms with Gasteiger partial charge in [-0.05, 0) is 75.9 Å². The molecule has 1 aliphatic carbocycles. The summed E-state index contributed by atoms with van der Waals surface area (Å²) < 4.78 is 5.38. The second kappa shape index (κ2) is 18.2. The summed E-state index contributed by atoms with van der Waals surface area (Å²) in [7, 11) is 5.53. The van der Waals surface area contributed by atoms with Crippen LogP contribution in [0.1, 0.15) is 57.9 Å². The van der Waals surface area contributed by atoms with Crippen molar-refractivity contribution in [3.8, 4) is 0 Å². The highest BCUT2D eigenvalue weighted by Gasteiger charge is 2.61. The molecule has 3 atom stereocenters. The van der Waals surface area contributed by atoms with Crippen molar-refractivity contribution >= 4 is 35.5 Å². The number of benzene rings is 1. The van der Waals surface area contributed by atoms with Gasteiger partial charge in [0, 0.05) is 38.8 Å². The molecule has 0 heterocycles. The minimum atomic E-state index is -1.22. The Balaban J connectivity index is 2.06. The van der Waals surface area contributed by atoms with Gasteiger partial charge in [0.1, 0.15) is 18.2 Å². The van der Waals surface area contributed by atoms with Crippen LogP contribution in [0.3, 0.4) is 0 Å². The van der Waals surface area contributed by atoms with E-state index in [9.17, 15) is 24.0 Å². The third kappa shape index (κ3) is 12.5. The van der Waals surface area contributed by atoms with Crippen LogP contribution < -0.4 is 32.7 Å². The van der Waals surface area contributed by atoms with Crippen LogP contribution in [0.5, 0.6) is 0 Å². The average molecular weight is 633 g/mol. The highest BCUT2D eigenvalue weighted by Crippen LogP contribution is 2.46. The number of nitrogens with two attached hydrogens (primary N) is 2. The molecule has 0 aliphatic heterocycles. The molecule has 0 saturated heterocycles.